The quantitative estimate of drug-likeness (QED) is 0.660. The van der Waals surface area contributed by atoms with E-state index in [9.17, 15) is 8.42 Å². The van der Waals surface area contributed by atoms with Gasteiger partial charge in [0.25, 0.3) is 5.89 Å². The minimum absolute atomic E-state index is 0.302. The number of aryl methyl sites for hydroxylation is 2. The molecule has 0 amide bonds. The van der Waals surface area contributed by atoms with Crippen LogP contribution in [0.3, 0.4) is 0 Å². The van der Waals surface area contributed by atoms with E-state index >= 15 is 0 Å². The summed E-state index contributed by atoms with van der Waals surface area (Å²) in [6.07, 6.45) is 2.92. The van der Waals surface area contributed by atoms with E-state index < -0.39 is 10.0 Å². The van der Waals surface area contributed by atoms with Crippen LogP contribution in [-0.2, 0) is 10.0 Å². The molecular weight excluding hydrogens is 374 g/mol. The molecule has 0 aliphatic carbocycles. The highest BCUT2D eigenvalue weighted by Gasteiger charge is 2.26. The van der Waals surface area contributed by atoms with Crippen LogP contribution >= 0.6 is 0 Å². The highest BCUT2D eigenvalue weighted by atomic mass is 32.2. The van der Waals surface area contributed by atoms with E-state index in [2.05, 4.69) is 16.2 Å². The van der Waals surface area contributed by atoms with Gasteiger partial charge in [0, 0.05) is 24.2 Å². The molecule has 2 heterocycles. The van der Waals surface area contributed by atoms with Gasteiger partial charge in [-0.25, -0.2) is 8.42 Å². The maximum atomic E-state index is 12.8. The summed E-state index contributed by atoms with van der Waals surface area (Å²) in [5.74, 6) is 0.898. The summed E-state index contributed by atoms with van der Waals surface area (Å²) in [7, 11) is -3.44. The Bertz CT molecular complexity index is 1080. The predicted molar refractivity (Wildman–Crippen MR) is 107 cm³/mol. The SMILES string of the molecule is Cc1ccc(-c2nc(-c3ccc(S(=O)(=O)N4CCCCC4)cc3)no2)c(C)c1. The van der Waals surface area contributed by atoms with Gasteiger partial charge in [-0.3, -0.25) is 0 Å². The van der Waals surface area contributed by atoms with Crippen LogP contribution < -0.4 is 0 Å². The van der Waals surface area contributed by atoms with Crippen LogP contribution in [0, 0.1) is 13.8 Å². The van der Waals surface area contributed by atoms with Gasteiger partial charge in [0.05, 0.1) is 4.90 Å². The Morgan fingerprint density at radius 2 is 1.68 bits per heavy atom. The van der Waals surface area contributed by atoms with Crippen molar-refractivity contribution in [3.63, 3.8) is 0 Å². The molecule has 1 aliphatic heterocycles. The van der Waals surface area contributed by atoms with E-state index in [1.54, 1.807) is 28.6 Å². The minimum Gasteiger partial charge on any atom is -0.334 e. The van der Waals surface area contributed by atoms with E-state index in [4.69, 9.17) is 4.52 Å². The van der Waals surface area contributed by atoms with Crippen LogP contribution in [-0.4, -0.2) is 36.0 Å². The Hall–Kier alpha value is -2.51. The van der Waals surface area contributed by atoms with Gasteiger partial charge in [-0.05, 0) is 62.6 Å². The van der Waals surface area contributed by atoms with E-state index in [0.29, 0.717) is 29.7 Å². The molecule has 1 aromatic heterocycles. The van der Waals surface area contributed by atoms with E-state index in [1.165, 1.54) is 5.56 Å². The topological polar surface area (TPSA) is 76.3 Å². The molecule has 6 nitrogen and oxygen atoms in total. The van der Waals surface area contributed by atoms with Crippen LogP contribution in [0.25, 0.3) is 22.8 Å². The molecule has 146 valence electrons. The van der Waals surface area contributed by atoms with Gasteiger partial charge in [-0.15, -0.1) is 0 Å². The van der Waals surface area contributed by atoms with Crippen molar-refractivity contribution in [3.05, 3.63) is 53.6 Å². The van der Waals surface area contributed by atoms with Crippen LogP contribution in [0.5, 0.6) is 0 Å². The highest BCUT2D eigenvalue weighted by Crippen LogP contribution is 2.27. The lowest BCUT2D eigenvalue weighted by molar-refractivity contribution is 0.346. The summed E-state index contributed by atoms with van der Waals surface area (Å²) in [5.41, 5.74) is 3.86. The number of sulfonamides is 1. The van der Waals surface area contributed by atoms with Gasteiger partial charge in [0.15, 0.2) is 0 Å². The largest absolute Gasteiger partial charge is 0.334 e. The van der Waals surface area contributed by atoms with Gasteiger partial charge in [-0.1, -0.05) is 29.3 Å². The summed E-state index contributed by atoms with van der Waals surface area (Å²) in [5, 5.41) is 4.06. The van der Waals surface area contributed by atoms with Gasteiger partial charge in [0.2, 0.25) is 15.8 Å². The average molecular weight is 398 g/mol. The van der Waals surface area contributed by atoms with Gasteiger partial charge in [-0.2, -0.15) is 9.29 Å². The average Bonchev–Trinajstić information content (AvgIpc) is 3.18. The molecule has 0 radical (unpaired) electrons. The third-order valence-electron chi connectivity index (χ3n) is 5.10. The second-order valence-electron chi connectivity index (χ2n) is 7.23. The fourth-order valence-electron chi connectivity index (χ4n) is 3.53. The number of nitrogens with zero attached hydrogens (tertiary/aromatic N) is 3. The molecule has 2 aromatic carbocycles. The summed E-state index contributed by atoms with van der Waals surface area (Å²) >= 11 is 0. The minimum atomic E-state index is -3.44. The summed E-state index contributed by atoms with van der Waals surface area (Å²) in [6, 6.07) is 12.7. The highest BCUT2D eigenvalue weighted by molar-refractivity contribution is 7.89. The molecule has 28 heavy (non-hydrogen) atoms. The maximum absolute atomic E-state index is 12.8. The lowest BCUT2D eigenvalue weighted by Gasteiger charge is -2.25. The zero-order valence-corrected chi connectivity index (χ0v) is 16.9. The zero-order chi connectivity index (χ0) is 19.7. The molecule has 0 spiro atoms. The van der Waals surface area contributed by atoms with Crippen molar-refractivity contribution >= 4 is 10.0 Å². The molecule has 4 rings (SSSR count). The third-order valence-corrected chi connectivity index (χ3v) is 7.02. The molecule has 0 N–H and O–H groups in total. The smallest absolute Gasteiger partial charge is 0.258 e. The number of benzene rings is 2. The zero-order valence-electron chi connectivity index (χ0n) is 16.1. The molecule has 3 aromatic rings. The molecular formula is C21H23N3O3S. The van der Waals surface area contributed by atoms with Gasteiger partial charge < -0.3 is 4.52 Å². The van der Waals surface area contributed by atoms with Crippen molar-refractivity contribution in [3.8, 4) is 22.8 Å². The van der Waals surface area contributed by atoms with Crippen LogP contribution in [0.2, 0.25) is 0 Å². The first-order valence-corrected chi connectivity index (χ1v) is 10.9. The standard InChI is InChI=1S/C21H23N3O3S/c1-15-6-11-19(16(2)14-15)21-22-20(23-27-21)17-7-9-18(10-8-17)28(25,26)24-12-4-3-5-13-24/h6-11,14H,3-5,12-13H2,1-2H3. The second kappa shape index (κ2) is 7.48. The molecule has 0 bridgehead atoms. The summed E-state index contributed by atoms with van der Waals surface area (Å²) < 4.78 is 32.5. The number of rotatable bonds is 4. The van der Waals surface area contributed by atoms with E-state index in [-0.39, 0.29) is 0 Å². The number of aromatic nitrogens is 2. The van der Waals surface area contributed by atoms with E-state index in [1.807, 2.05) is 26.0 Å². The third kappa shape index (κ3) is 3.59. The number of piperidine rings is 1. The van der Waals surface area contributed by atoms with Crippen LogP contribution in [0.4, 0.5) is 0 Å². The summed E-state index contributed by atoms with van der Waals surface area (Å²) in [4.78, 5) is 4.79. The Balaban J connectivity index is 1.59. The van der Waals surface area contributed by atoms with Crippen LogP contribution in [0.15, 0.2) is 51.9 Å². The van der Waals surface area contributed by atoms with Gasteiger partial charge in [0.1, 0.15) is 0 Å². The van der Waals surface area contributed by atoms with Crippen molar-refractivity contribution < 1.29 is 12.9 Å². The van der Waals surface area contributed by atoms with E-state index in [0.717, 1.165) is 36.0 Å². The molecule has 0 saturated carbocycles. The Kier molecular flexibility index (Phi) is 5.03. The second-order valence-corrected chi connectivity index (χ2v) is 9.17. The molecule has 0 atom stereocenters. The fraction of sp³-hybridized carbons (Fsp3) is 0.333. The van der Waals surface area contributed by atoms with Crippen molar-refractivity contribution in [1.82, 2.24) is 14.4 Å². The maximum Gasteiger partial charge on any atom is 0.258 e. The fourth-order valence-corrected chi connectivity index (χ4v) is 5.05. The normalized spacial score (nSPS) is 15.6. The molecule has 7 heteroatoms. The number of hydrogen-bond acceptors (Lipinski definition) is 5. The monoisotopic (exact) mass is 397 g/mol. The molecule has 1 fully saturated rings. The molecule has 1 aliphatic rings. The van der Waals surface area contributed by atoms with Crippen molar-refractivity contribution in [2.45, 2.75) is 38.0 Å². The molecule has 0 unspecified atom stereocenters. The summed E-state index contributed by atoms with van der Waals surface area (Å²) in [6.45, 7) is 5.23. The predicted octanol–water partition coefficient (Wildman–Crippen LogP) is 4.20. The first kappa shape index (κ1) is 18.8. The van der Waals surface area contributed by atoms with Crippen LogP contribution in [0.1, 0.15) is 30.4 Å². The lowest BCUT2D eigenvalue weighted by atomic mass is 10.1. The van der Waals surface area contributed by atoms with Crippen molar-refractivity contribution in [2.24, 2.45) is 0 Å². The van der Waals surface area contributed by atoms with Crippen molar-refractivity contribution in [2.75, 3.05) is 13.1 Å². The Morgan fingerprint density at radius 1 is 0.964 bits per heavy atom. The lowest BCUT2D eigenvalue weighted by Crippen LogP contribution is -2.35. The van der Waals surface area contributed by atoms with Gasteiger partial charge >= 0.3 is 0 Å². The Labute approximate surface area is 165 Å². The Morgan fingerprint density at radius 3 is 2.36 bits per heavy atom. The first-order chi connectivity index (χ1) is 13.4. The molecule has 1 saturated heterocycles. The van der Waals surface area contributed by atoms with Crippen molar-refractivity contribution in [1.29, 1.82) is 0 Å². The number of hydrogen-bond donors (Lipinski definition) is 0. The first-order valence-electron chi connectivity index (χ1n) is 9.47.